The Bertz CT molecular complexity index is 594. The zero-order chi connectivity index (χ0) is 14.1. The lowest BCUT2D eigenvalue weighted by molar-refractivity contribution is 0.263. The van der Waals surface area contributed by atoms with E-state index in [2.05, 4.69) is 48.1 Å². The van der Waals surface area contributed by atoms with Crippen molar-refractivity contribution in [2.45, 2.75) is 32.7 Å². The van der Waals surface area contributed by atoms with Gasteiger partial charge in [-0.05, 0) is 57.0 Å². The maximum Gasteiger partial charge on any atom is 0.0571 e. The second kappa shape index (κ2) is 5.41. The number of aryl methyl sites for hydroxylation is 1. The van der Waals surface area contributed by atoms with Gasteiger partial charge in [0.25, 0.3) is 0 Å². The van der Waals surface area contributed by atoms with Crippen LogP contribution in [0.25, 0.3) is 11.1 Å². The van der Waals surface area contributed by atoms with E-state index in [0.717, 1.165) is 0 Å². The molecule has 0 radical (unpaired) electrons. The summed E-state index contributed by atoms with van der Waals surface area (Å²) in [6, 6.07) is 9.44. The van der Waals surface area contributed by atoms with Crippen LogP contribution in [0, 0.1) is 6.92 Å². The molecule has 3 nitrogen and oxygen atoms in total. The smallest absolute Gasteiger partial charge is 0.0571 e. The zero-order valence-corrected chi connectivity index (χ0v) is 12.6. The van der Waals surface area contributed by atoms with Crippen molar-refractivity contribution in [2.75, 3.05) is 13.1 Å². The van der Waals surface area contributed by atoms with Crippen LogP contribution in [0.5, 0.6) is 0 Å². The van der Waals surface area contributed by atoms with E-state index in [4.69, 9.17) is 0 Å². The third-order valence-electron chi connectivity index (χ3n) is 4.60. The monoisotopic (exact) mass is 269 g/mol. The molecule has 3 heteroatoms. The second-order valence-corrected chi connectivity index (χ2v) is 5.81. The summed E-state index contributed by atoms with van der Waals surface area (Å²) in [6.07, 6.45) is 4.65. The molecule has 0 N–H and O–H groups in total. The fraction of sp³-hybridized carbons (Fsp3) is 0.471. The van der Waals surface area contributed by atoms with Crippen LogP contribution in [0.2, 0.25) is 0 Å². The lowest BCUT2D eigenvalue weighted by Gasteiger charge is -2.24. The molecule has 1 aliphatic rings. The summed E-state index contributed by atoms with van der Waals surface area (Å²) in [5.41, 5.74) is 5.14. The standard InChI is InChI=1S/C17H23N3/c1-13(20-9-4-5-10-20)15-7-6-8-16(11-15)17-12-18-19(3)14(17)2/h6-8,11-13H,4-5,9-10H2,1-3H3/t13-/m0/s1. The van der Waals surface area contributed by atoms with Gasteiger partial charge < -0.3 is 0 Å². The Balaban J connectivity index is 1.91. The number of likely N-dealkylation sites (tertiary alicyclic amines) is 1. The van der Waals surface area contributed by atoms with Gasteiger partial charge in [-0.25, -0.2) is 0 Å². The van der Waals surface area contributed by atoms with Crippen LogP contribution in [0.4, 0.5) is 0 Å². The topological polar surface area (TPSA) is 21.1 Å². The summed E-state index contributed by atoms with van der Waals surface area (Å²) < 4.78 is 1.94. The molecule has 1 atom stereocenters. The minimum atomic E-state index is 0.509. The maximum absolute atomic E-state index is 4.35. The average Bonchev–Trinajstić information content (AvgIpc) is 3.10. The van der Waals surface area contributed by atoms with E-state index in [-0.39, 0.29) is 0 Å². The van der Waals surface area contributed by atoms with E-state index >= 15 is 0 Å². The molecule has 1 fully saturated rings. The molecular formula is C17H23N3. The van der Waals surface area contributed by atoms with E-state index in [1.165, 1.54) is 48.3 Å². The van der Waals surface area contributed by atoms with Gasteiger partial charge in [-0.2, -0.15) is 5.10 Å². The van der Waals surface area contributed by atoms with Gasteiger partial charge in [0.15, 0.2) is 0 Å². The Labute approximate surface area is 121 Å². The Kier molecular flexibility index (Phi) is 3.62. The molecule has 1 aromatic heterocycles. The van der Waals surface area contributed by atoms with Gasteiger partial charge in [-0.15, -0.1) is 0 Å². The molecule has 2 aromatic rings. The van der Waals surface area contributed by atoms with Crippen molar-refractivity contribution in [3.63, 3.8) is 0 Å². The maximum atomic E-state index is 4.35. The summed E-state index contributed by atoms with van der Waals surface area (Å²) in [5, 5.41) is 4.35. The molecule has 1 saturated heterocycles. The average molecular weight is 269 g/mol. The predicted octanol–water partition coefficient (Wildman–Crippen LogP) is 3.55. The van der Waals surface area contributed by atoms with Crippen molar-refractivity contribution in [3.8, 4) is 11.1 Å². The van der Waals surface area contributed by atoms with Crippen LogP contribution in [-0.2, 0) is 7.05 Å². The quantitative estimate of drug-likeness (QED) is 0.849. The highest BCUT2D eigenvalue weighted by atomic mass is 15.3. The molecule has 0 amide bonds. The molecule has 0 bridgehead atoms. The van der Waals surface area contributed by atoms with Crippen molar-refractivity contribution in [1.82, 2.24) is 14.7 Å². The lowest BCUT2D eigenvalue weighted by atomic mass is 10.00. The number of rotatable bonds is 3. The van der Waals surface area contributed by atoms with E-state index in [1.54, 1.807) is 0 Å². The molecule has 0 saturated carbocycles. The molecule has 0 unspecified atom stereocenters. The summed E-state index contributed by atoms with van der Waals surface area (Å²) >= 11 is 0. The van der Waals surface area contributed by atoms with Gasteiger partial charge in [-0.3, -0.25) is 9.58 Å². The Morgan fingerprint density at radius 2 is 1.95 bits per heavy atom. The first kappa shape index (κ1) is 13.4. The first-order valence-corrected chi connectivity index (χ1v) is 7.50. The van der Waals surface area contributed by atoms with Gasteiger partial charge in [-0.1, -0.05) is 18.2 Å². The van der Waals surface area contributed by atoms with E-state index < -0.39 is 0 Å². The van der Waals surface area contributed by atoms with Crippen LogP contribution in [0.15, 0.2) is 30.5 Å². The van der Waals surface area contributed by atoms with E-state index in [0.29, 0.717) is 6.04 Å². The first-order chi connectivity index (χ1) is 9.66. The predicted molar refractivity (Wildman–Crippen MR) is 82.6 cm³/mol. The minimum Gasteiger partial charge on any atom is -0.297 e. The summed E-state index contributed by atoms with van der Waals surface area (Å²) in [7, 11) is 2.00. The van der Waals surface area contributed by atoms with E-state index in [9.17, 15) is 0 Å². The highest BCUT2D eigenvalue weighted by Gasteiger charge is 2.19. The lowest BCUT2D eigenvalue weighted by Crippen LogP contribution is -2.23. The van der Waals surface area contributed by atoms with Gasteiger partial charge in [0.05, 0.1) is 6.20 Å². The molecule has 20 heavy (non-hydrogen) atoms. The summed E-state index contributed by atoms with van der Waals surface area (Å²) in [6.45, 7) is 6.91. The van der Waals surface area contributed by atoms with Crippen LogP contribution >= 0.6 is 0 Å². The molecular weight excluding hydrogens is 246 g/mol. The Morgan fingerprint density at radius 1 is 1.20 bits per heavy atom. The second-order valence-electron chi connectivity index (χ2n) is 5.81. The number of benzene rings is 1. The fourth-order valence-corrected chi connectivity index (χ4v) is 3.09. The number of aromatic nitrogens is 2. The van der Waals surface area contributed by atoms with Crippen molar-refractivity contribution in [2.24, 2.45) is 7.05 Å². The third kappa shape index (κ3) is 2.38. The zero-order valence-electron chi connectivity index (χ0n) is 12.6. The Hall–Kier alpha value is -1.61. The van der Waals surface area contributed by atoms with Crippen LogP contribution in [-0.4, -0.2) is 27.8 Å². The van der Waals surface area contributed by atoms with E-state index in [1.807, 2.05) is 17.9 Å². The molecule has 1 aromatic carbocycles. The molecule has 2 heterocycles. The van der Waals surface area contributed by atoms with Crippen LogP contribution < -0.4 is 0 Å². The molecule has 0 aliphatic carbocycles. The number of nitrogens with zero attached hydrogens (tertiary/aromatic N) is 3. The highest BCUT2D eigenvalue weighted by molar-refractivity contribution is 5.66. The number of hydrogen-bond acceptors (Lipinski definition) is 2. The largest absolute Gasteiger partial charge is 0.297 e. The van der Waals surface area contributed by atoms with Gasteiger partial charge in [0, 0.05) is 24.3 Å². The van der Waals surface area contributed by atoms with Crippen molar-refractivity contribution in [3.05, 3.63) is 41.7 Å². The van der Waals surface area contributed by atoms with Gasteiger partial charge >= 0.3 is 0 Å². The first-order valence-electron chi connectivity index (χ1n) is 7.50. The minimum absolute atomic E-state index is 0.509. The van der Waals surface area contributed by atoms with Crippen molar-refractivity contribution >= 4 is 0 Å². The summed E-state index contributed by atoms with van der Waals surface area (Å²) in [4.78, 5) is 2.58. The van der Waals surface area contributed by atoms with Crippen molar-refractivity contribution in [1.29, 1.82) is 0 Å². The van der Waals surface area contributed by atoms with Gasteiger partial charge in [0.1, 0.15) is 0 Å². The fourth-order valence-electron chi connectivity index (χ4n) is 3.09. The van der Waals surface area contributed by atoms with Crippen LogP contribution in [0.1, 0.15) is 37.1 Å². The number of hydrogen-bond donors (Lipinski definition) is 0. The van der Waals surface area contributed by atoms with Crippen molar-refractivity contribution < 1.29 is 0 Å². The normalized spacial score (nSPS) is 17.6. The van der Waals surface area contributed by atoms with Gasteiger partial charge in [0.2, 0.25) is 0 Å². The molecule has 106 valence electrons. The Morgan fingerprint density at radius 3 is 2.60 bits per heavy atom. The third-order valence-corrected chi connectivity index (χ3v) is 4.60. The summed E-state index contributed by atoms with van der Waals surface area (Å²) in [5.74, 6) is 0. The van der Waals surface area contributed by atoms with Crippen LogP contribution in [0.3, 0.4) is 0 Å². The molecule has 3 rings (SSSR count). The SMILES string of the molecule is Cc1c(-c2cccc([C@H](C)N3CCCC3)c2)cnn1C. The molecule has 0 spiro atoms. The highest BCUT2D eigenvalue weighted by Crippen LogP contribution is 2.29. The molecule has 1 aliphatic heterocycles.